The average Bonchev–Trinajstić information content (AvgIpc) is 2.83. The number of alkyl halides is 1. The van der Waals surface area contributed by atoms with Crippen molar-refractivity contribution in [3.63, 3.8) is 0 Å². The minimum Gasteiger partial charge on any atom is -0.493 e. The summed E-state index contributed by atoms with van der Waals surface area (Å²) in [6.45, 7) is 3.91. The lowest BCUT2D eigenvalue weighted by atomic mass is 9.90. The van der Waals surface area contributed by atoms with Gasteiger partial charge in [-0.15, -0.1) is 11.6 Å². The number of ether oxygens (including phenoxy) is 2. The van der Waals surface area contributed by atoms with Crippen LogP contribution in [-0.4, -0.2) is 47.9 Å². The van der Waals surface area contributed by atoms with Gasteiger partial charge in [0.2, 0.25) is 11.8 Å². The van der Waals surface area contributed by atoms with Crippen molar-refractivity contribution in [2.45, 2.75) is 102 Å². The highest BCUT2D eigenvalue weighted by atomic mass is 35.5. The van der Waals surface area contributed by atoms with Gasteiger partial charge in [-0.25, -0.2) is 0 Å². The molecule has 7 heteroatoms. The number of methoxy groups -OCH3 is 1. The third kappa shape index (κ3) is 6.78. The Morgan fingerprint density at radius 1 is 1.03 bits per heavy atom. The third-order valence-corrected chi connectivity index (χ3v) is 6.94. The third-order valence-electron chi connectivity index (χ3n) is 6.71. The van der Waals surface area contributed by atoms with Crippen LogP contribution in [0, 0.1) is 0 Å². The SMILES string of the molecule is COc1cc([C@H](C(=O)NC2CCCCC2)N(C(=O)CCl)C2CCCCC2)ccc1OC(C)C. The Morgan fingerprint density at radius 2 is 1.67 bits per heavy atom. The molecular formula is C26H39ClN2O4. The molecule has 1 N–H and O–H groups in total. The fraction of sp³-hybridized carbons (Fsp3) is 0.692. The van der Waals surface area contributed by atoms with Crippen LogP contribution < -0.4 is 14.8 Å². The first-order valence-corrected chi connectivity index (χ1v) is 13.0. The summed E-state index contributed by atoms with van der Waals surface area (Å²) < 4.78 is 11.5. The van der Waals surface area contributed by atoms with E-state index in [9.17, 15) is 9.59 Å². The molecule has 0 saturated heterocycles. The summed E-state index contributed by atoms with van der Waals surface area (Å²) in [6, 6.07) is 4.95. The molecule has 0 spiro atoms. The van der Waals surface area contributed by atoms with Crippen molar-refractivity contribution in [3.05, 3.63) is 23.8 Å². The number of rotatable bonds is 9. The fourth-order valence-corrected chi connectivity index (χ4v) is 5.30. The van der Waals surface area contributed by atoms with Gasteiger partial charge in [0.1, 0.15) is 11.9 Å². The Bertz CT molecular complexity index is 788. The molecule has 2 aliphatic rings. The van der Waals surface area contributed by atoms with Crippen molar-refractivity contribution in [2.75, 3.05) is 13.0 Å². The van der Waals surface area contributed by atoms with E-state index in [0.29, 0.717) is 11.5 Å². The summed E-state index contributed by atoms with van der Waals surface area (Å²) in [4.78, 5) is 28.7. The Morgan fingerprint density at radius 3 is 2.24 bits per heavy atom. The molecule has 0 radical (unpaired) electrons. The molecule has 1 aromatic rings. The van der Waals surface area contributed by atoms with Crippen molar-refractivity contribution in [3.8, 4) is 11.5 Å². The van der Waals surface area contributed by atoms with Crippen molar-refractivity contribution in [2.24, 2.45) is 0 Å². The van der Waals surface area contributed by atoms with Crippen molar-refractivity contribution in [1.82, 2.24) is 10.2 Å². The maximum absolute atomic E-state index is 13.8. The second kappa shape index (κ2) is 12.5. The second-order valence-electron chi connectivity index (χ2n) is 9.55. The van der Waals surface area contributed by atoms with Gasteiger partial charge in [0.15, 0.2) is 11.5 Å². The molecule has 2 aliphatic carbocycles. The van der Waals surface area contributed by atoms with E-state index in [1.54, 1.807) is 12.0 Å². The number of carbonyl (C=O) groups excluding carboxylic acids is 2. The van der Waals surface area contributed by atoms with Gasteiger partial charge in [0.05, 0.1) is 13.2 Å². The molecule has 0 aromatic heterocycles. The van der Waals surface area contributed by atoms with E-state index >= 15 is 0 Å². The Balaban J connectivity index is 1.99. The van der Waals surface area contributed by atoms with Crippen LogP contribution in [0.5, 0.6) is 11.5 Å². The van der Waals surface area contributed by atoms with Crippen LogP contribution in [0.15, 0.2) is 18.2 Å². The van der Waals surface area contributed by atoms with Gasteiger partial charge in [0, 0.05) is 12.1 Å². The van der Waals surface area contributed by atoms with E-state index in [0.717, 1.165) is 63.4 Å². The first kappa shape index (κ1) is 25.7. The number of hydrogen-bond acceptors (Lipinski definition) is 4. The predicted molar refractivity (Wildman–Crippen MR) is 131 cm³/mol. The van der Waals surface area contributed by atoms with E-state index in [1.165, 1.54) is 6.42 Å². The molecule has 6 nitrogen and oxygen atoms in total. The molecule has 184 valence electrons. The summed E-state index contributed by atoms with van der Waals surface area (Å²) >= 11 is 6.07. The van der Waals surface area contributed by atoms with Gasteiger partial charge >= 0.3 is 0 Å². The standard InChI is InChI=1S/C26H39ClN2O4/c1-18(2)33-22-15-14-19(16-23(22)32-3)25(26(31)28-20-10-6-4-7-11-20)29(24(30)17-27)21-12-8-5-9-13-21/h14-16,18,20-21,25H,4-13,17H2,1-3H3,(H,28,31)/t25-/m1/s1. The minimum absolute atomic E-state index is 0.00434. The van der Waals surface area contributed by atoms with Gasteiger partial charge < -0.3 is 19.7 Å². The average molecular weight is 479 g/mol. The molecular weight excluding hydrogens is 440 g/mol. The summed E-state index contributed by atoms with van der Waals surface area (Å²) in [7, 11) is 1.59. The number of nitrogens with zero attached hydrogens (tertiary/aromatic N) is 1. The first-order chi connectivity index (χ1) is 15.9. The molecule has 0 bridgehead atoms. The van der Waals surface area contributed by atoms with Crippen molar-refractivity contribution in [1.29, 1.82) is 0 Å². The maximum atomic E-state index is 13.8. The molecule has 2 fully saturated rings. The molecule has 1 aromatic carbocycles. The molecule has 1 atom stereocenters. The number of carbonyl (C=O) groups is 2. The highest BCUT2D eigenvalue weighted by Crippen LogP contribution is 2.36. The molecule has 0 heterocycles. The fourth-order valence-electron chi connectivity index (χ4n) is 5.16. The second-order valence-corrected chi connectivity index (χ2v) is 9.82. The molecule has 2 amide bonds. The van der Waals surface area contributed by atoms with Crippen LogP contribution in [0.3, 0.4) is 0 Å². The lowest BCUT2D eigenvalue weighted by Crippen LogP contribution is -2.51. The molecule has 3 rings (SSSR count). The number of halogens is 1. The summed E-state index contributed by atoms with van der Waals surface area (Å²) in [6.07, 6.45) is 10.5. The molecule has 33 heavy (non-hydrogen) atoms. The monoisotopic (exact) mass is 478 g/mol. The van der Waals surface area contributed by atoms with Gasteiger partial charge in [0.25, 0.3) is 0 Å². The van der Waals surface area contributed by atoms with E-state index in [4.69, 9.17) is 21.1 Å². The van der Waals surface area contributed by atoms with Gasteiger partial charge in [-0.2, -0.15) is 0 Å². The van der Waals surface area contributed by atoms with Crippen LogP contribution >= 0.6 is 11.6 Å². The van der Waals surface area contributed by atoms with E-state index in [-0.39, 0.29) is 35.9 Å². The largest absolute Gasteiger partial charge is 0.493 e. The van der Waals surface area contributed by atoms with Crippen molar-refractivity contribution >= 4 is 23.4 Å². The zero-order valence-corrected chi connectivity index (χ0v) is 21.0. The summed E-state index contributed by atoms with van der Waals surface area (Å²) in [5.41, 5.74) is 0.723. The van der Waals surface area contributed by atoms with Crippen LogP contribution in [0.1, 0.15) is 89.7 Å². The highest BCUT2D eigenvalue weighted by Gasteiger charge is 2.37. The van der Waals surface area contributed by atoms with E-state index < -0.39 is 6.04 Å². The normalized spacial score (nSPS) is 18.6. The molecule has 0 aliphatic heterocycles. The smallest absolute Gasteiger partial charge is 0.247 e. The number of benzene rings is 1. The lowest BCUT2D eigenvalue weighted by Gasteiger charge is -2.40. The molecule has 0 unspecified atom stereocenters. The van der Waals surface area contributed by atoms with Gasteiger partial charge in [-0.1, -0.05) is 44.6 Å². The zero-order chi connectivity index (χ0) is 23.8. The van der Waals surface area contributed by atoms with Gasteiger partial charge in [-0.3, -0.25) is 9.59 Å². The zero-order valence-electron chi connectivity index (χ0n) is 20.3. The number of amides is 2. The Hall–Kier alpha value is -1.95. The summed E-state index contributed by atoms with van der Waals surface area (Å²) in [5, 5.41) is 3.25. The van der Waals surface area contributed by atoms with Crippen LogP contribution in [0.25, 0.3) is 0 Å². The van der Waals surface area contributed by atoms with Gasteiger partial charge in [-0.05, 0) is 57.2 Å². The van der Waals surface area contributed by atoms with Crippen molar-refractivity contribution < 1.29 is 19.1 Å². The van der Waals surface area contributed by atoms with Crippen LogP contribution in [0.2, 0.25) is 0 Å². The quantitative estimate of drug-likeness (QED) is 0.484. The lowest BCUT2D eigenvalue weighted by molar-refractivity contribution is -0.143. The topological polar surface area (TPSA) is 67.9 Å². The first-order valence-electron chi connectivity index (χ1n) is 12.5. The van der Waals surface area contributed by atoms with Crippen LogP contribution in [-0.2, 0) is 9.59 Å². The van der Waals surface area contributed by atoms with E-state index in [1.807, 2.05) is 32.0 Å². The van der Waals surface area contributed by atoms with E-state index in [2.05, 4.69) is 5.32 Å². The van der Waals surface area contributed by atoms with Crippen LogP contribution in [0.4, 0.5) is 0 Å². The minimum atomic E-state index is -0.747. The predicted octanol–water partition coefficient (Wildman–Crippen LogP) is 5.37. The number of hydrogen-bond donors (Lipinski definition) is 1. The summed E-state index contributed by atoms with van der Waals surface area (Å²) in [5.74, 6) is 0.698. The maximum Gasteiger partial charge on any atom is 0.247 e. The Kier molecular flexibility index (Phi) is 9.72. The molecule has 2 saturated carbocycles. The Labute approximate surface area is 203 Å². The highest BCUT2D eigenvalue weighted by molar-refractivity contribution is 6.27. The number of nitrogens with one attached hydrogen (secondary N) is 1.